The third kappa shape index (κ3) is 5.92. The number of fused-ring (bicyclic) bond motifs is 1. The minimum atomic E-state index is -0.183. The number of rotatable bonds is 8. The molecule has 2 heterocycles. The maximum Gasteiger partial charge on any atom is 0.257 e. The smallest absolute Gasteiger partial charge is 0.257 e. The lowest BCUT2D eigenvalue weighted by molar-refractivity contribution is -0.110. The van der Waals surface area contributed by atoms with Gasteiger partial charge in [0.25, 0.3) is 11.8 Å². The lowest BCUT2D eigenvalue weighted by Crippen LogP contribution is -2.29. The Morgan fingerprint density at radius 3 is 2.49 bits per heavy atom. The van der Waals surface area contributed by atoms with E-state index >= 15 is 0 Å². The number of benzene rings is 3. The summed E-state index contributed by atoms with van der Waals surface area (Å²) >= 11 is 0. The van der Waals surface area contributed by atoms with E-state index in [2.05, 4.69) is 39.9 Å². The Balaban J connectivity index is 1.27. The van der Waals surface area contributed by atoms with Gasteiger partial charge in [-0.1, -0.05) is 55.8 Å². The molecule has 0 aliphatic carbocycles. The number of likely N-dealkylation sites (tertiary alicyclic amines) is 1. The molecular formula is C31H34N4O2. The van der Waals surface area contributed by atoms with Crippen LogP contribution in [0.3, 0.4) is 0 Å². The number of hydrogen-bond acceptors (Lipinski definition) is 4. The van der Waals surface area contributed by atoms with Crippen LogP contribution in [0.1, 0.15) is 65.7 Å². The second kappa shape index (κ2) is 11.4. The van der Waals surface area contributed by atoms with Gasteiger partial charge in [-0.15, -0.1) is 0 Å². The van der Waals surface area contributed by atoms with E-state index in [0.717, 1.165) is 29.8 Å². The summed E-state index contributed by atoms with van der Waals surface area (Å²) in [7, 11) is 0. The van der Waals surface area contributed by atoms with Crippen molar-refractivity contribution in [3.05, 3.63) is 101 Å². The van der Waals surface area contributed by atoms with Crippen LogP contribution in [-0.2, 0) is 11.3 Å². The summed E-state index contributed by atoms with van der Waals surface area (Å²) in [6.07, 6.45) is 6.41. The molecule has 6 nitrogen and oxygen atoms in total. The van der Waals surface area contributed by atoms with E-state index in [0.29, 0.717) is 16.8 Å². The topological polar surface area (TPSA) is 73.5 Å². The molecular weight excluding hydrogens is 460 g/mol. The molecule has 37 heavy (non-hydrogen) atoms. The SMILES string of the molecule is CC[C@H](NC(=O)c1ccc2c(c1)/C(=C/Nc1ccc(CN3CCCCC3)cc1)C(=O)N2)c1ccccc1. The second-order valence-corrected chi connectivity index (χ2v) is 9.80. The summed E-state index contributed by atoms with van der Waals surface area (Å²) in [5.41, 5.74) is 5.75. The Labute approximate surface area is 218 Å². The van der Waals surface area contributed by atoms with Crippen LogP contribution >= 0.6 is 0 Å². The number of carbonyl (C=O) groups is 2. The maximum atomic E-state index is 13.1. The normalized spacial score (nSPS) is 17.2. The molecule has 2 aliphatic heterocycles. The van der Waals surface area contributed by atoms with Crippen molar-refractivity contribution in [3.63, 3.8) is 0 Å². The second-order valence-electron chi connectivity index (χ2n) is 9.80. The van der Waals surface area contributed by atoms with E-state index in [1.54, 1.807) is 24.4 Å². The van der Waals surface area contributed by atoms with Crippen LogP contribution in [0, 0.1) is 0 Å². The van der Waals surface area contributed by atoms with Gasteiger partial charge in [-0.3, -0.25) is 14.5 Å². The molecule has 0 saturated carbocycles. The van der Waals surface area contributed by atoms with E-state index in [4.69, 9.17) is 0 Å². The van der Waals surface area contributed by atoms with Crippen molar-refractivity contribution in [2.75, 3.05) is 23.7 Å². The Morgan fingerprint density at radius 1 is 1.00 bits per heavy atom. The van der Waals surface area contributed by atoms with Gasteiger partial charge in [-0.05, 0) is 73.8 Å². The van der Waals surface area contributed by atoms with Crippen molar-refractivity contribution < 1.29 is 9.59 Å². The van der Waals surface area contributed by atoms with E-state index in [1.165, 1.54) is 37.9 Å². The maximum absolute atomic E-state index is 13.1. The Kier molecular flexibility index (Phi) is 7.66. The molecule has 1 saturated heterocycles. The van der Waals surface area contributed by atoms with Crippen LogP contribution in [0.5, 0.6) is 0 Å². The average molecular weight is 495 g/mol. The van der Waals surface area contributed by atoms with Crippen LogP contribution in [-0.4, -0.2) is 29.8 Å². The molecule has 6 heteroatoms. The number of carbonyl (C=O) groups excluding carboxylic acids is 2. The lowest BCUT2D eigenvalue weighted by atomic mass is 10.0. The Hall–Kier alpha value is -3.90. The zero-order valence-corrected chi connectivity index (χ0v) is 21.3. The fourth-order valence-corrected chi connectivity index (χ4v) is 5.06. The summed E-state index contributed by atoms with van der Waals surface area (Å²) in [5, 5.41) is 9.29. The van der Waals surface area contributed by atoms with E-state index in [1.807, 2.05) is 42.5 Å². The fourth-order valence-electron chi connectivity index (χ4n) is 5.06. The van der Waals surface area contributed by atoms with E-state index in [9.17, 15) is 9.59 Å². The molecule has 1 fully saturated rings. The number of amides is 2. The van der Waals surface area contributed by atoms with Crippen LogP contribution < -0.4 is 16.0 Å². The first-order valence-corrected chi connectivity index (χ1v) is 13.2. The summed E-state index contributed by atoms with van der Waals surface area (Å²) in [5.74, 6) is -0.341. The van der Waals surface area contributed by atoms with Crippen LogP contribution in [0.15, 0.2) is 79.0 Å². The summed E-state index contributed by atoms with van der Waals surface area (Å²) < 4.78 is 0. The first-order chi connectivity index (χ1) is 18.1. The third-order valence-corrected chi connectivity index (χ3v) is 7.17. The molecule has 5 rings (SSSR count). The fraction of sp³-hybridized carbons (Fsp3) is 0.290. The highest BCUT2D eigenvalue weighted by atomic mass is 16.2. The van der Waals surface area contributed by atoms with Crippen molar-refractivity contribution in [3.8, 4) is 0 Å². The summed E-state index contributed by atoms with van der Waals surface area (Å²) in [4.78, 5) is 28.3. The van der Waals surface area contributed by atoms with Gasteiger partial charge in [0, 0.05) is 35.2 Å². The van der Waals surface area contributed by atoms with Crippen molar-refractivity contribution >= 4 is 28.8 Å². The number of nitrogens with zero attached hydrogens (tertiary/aromatic N) is 1. The van der Waals surface area contributed by atoms with Gasteiger partial charge in [0.05, 0.1) is 11.6 Å². The standard InChI is InChI=1S/C31H34N4O2/c1-2-28(23-9-5-3-6-10-23)33-30(36)24-13-16-29-26(19-24)27(31(37)34-29)20-32-25-14-11-22(12-15-25)21-35-17-7-4-8-18-35/h3,5-6,9-16,19-20,28,32H,2,4,7-8,17-18,21H2,1H3,(H,33,36)(H,34,37)/b27-20-/t28-/m0/s1. The van der Waals surface area contributed by atoms with Gasteiger partial charge in [0.1, 0.15) is 0 Å². The lowest BCUT2D eigenvalue weighted by Gasteiger charge is -2.26. The Bertz CT molecular complexity index is 1280. The van der Waals surface area contributed by atoms with E-state index in [-0.39, 0.29) is 17.9 Å². The minimum Gasteiger partial charge on any atom is -0.361 e. The molecule has 3 aromatic carbocycles. The first kappa shape index (κ1) is 24.8. The van der Waals surface area contributed by atoms with Gasteiger partial charge in [0.2, 0.25) is 0 Å². The molecule has 0 aromatic heterocycles. The Morgan fingerprint density at radius 2 is 1.76 bits per heavy atom. The number of piperidine rings is 1. The molecule has 0 radical (unpaired) electrons. The van der Waals surface area contributed by atoms with Gasteiger partial charge in [0.15, 0.2) is 0 Å². The quantitative estimate of drug-likeness (QED) is 0.338. The molecule has 190 valence electrons. The summed E-state index contributed by atoms with van der Waals surface area (Å²) in [6, 6.07) is 23.6. The zero-order chi connectivity index (χ0) is 25.6. The molecule has 2 amide bonds. The van der Waals surface area contributed by atoms with Crippen LogP contribution in [0.25, 0.3) is 5.57 Å². The van der Waals surface area contributed by atoms with Crippen molar-refractivity contribution in [2.24, 2.45) is 0 Å². The zero-order valence-electron chi connectivity index (χ0n) is 21.3. The minimum absolute atomic E-state index is 0.0729. The number of nitrogens with one attached hydrogen (secondary N) is 3. The summed E-state index contributed by atoms with van der Waals surface area (Å²) in [6.45, 7) is 5.37. The highest BCUT2D eigenvalue weighted by Gasteiger charge is 2.26. The van der Waals surface area contributed by atoms with Crippen molar-refractivity contribution in [1.29, 1.82) is 0 Å². The van der Waals surface area contributed by atoms with Gasteiger partial charge < -0.3 is 16.0 Å². The van der Waals surface area contributed by atoms with E-state index < -0.39 is 0 Å². The highest BCUT2D eigenvalue weighted by molar-refractivity contribution is 6.32. The van der Waals surface area contributed by atoms with Gasteiger partial charge in [-0.25, -0.2) is 0 Å². The van der Waals surface area contributed by atoms with Crippen molar-refractivity contribution in [2.45, 2.75) is 45.2 Å². The molecule has 3 aromatic rings. The van der Waals surface area contributed by atoms with Crippen LogP contribution in [0.4, 0.5) is 11.4 Å². The predicted octanol–water partition coefficient (Wildman–Crippen LogP) is 5.96. The average Bonchev–Trinajstić information content (AvgIpc) is 3.26. The monoisotopic (exact) mass is 494 g/mol. The highest BCUT2D eigenvalue weighted by Crippen LogP contribution is 2.33. The number of anilines is 2. The largest absolute Gasteiger partial charge is 0.361 e. The predicted molar refractivity (Wildman–Crippen MR) is 149 cm³/mol. The van der Waals surface area contributed by atoms with Gasteiger partial charge >= 0.3 is 0 Å². The first-order valence-electron chi connectivity index (χ1n) is 13.2. The number of hydrogen-bond donors (Lipinski definition) is 3. The van der Waals surface area contributed by atoms with Crippen LogP contribution in [0.2, 0.25) is 0 Å². The third-order valence-electron chi connectivity index (χ3n) is 7.17. The molecule has 2 aliphatic rings. The molecule has 3 N–H and O–H groups in total. The molecule has 1 atom stereocenters. The molecule has 0 unspecified atom stereocenters. The molecule has 0 spiro atoms. The van der Waals surface area contributed by atoms with Gasteiger partial charge in [-0.2, -0.15) is 0 Å². The molecule has 0 bridgehead atoms. The van der Waals surface area contributed by atoms with Crippen molar-refractivity contribution in [1.82, 2.24) is 10.2 Å².